The second-order valence-electron chi connectivity index (χ2n) is 7.32. The largest absolute Gasteiger partial charge is 0.379 e. The monoisotopic (exact) mass is 373 g/mol. The van der Waals surface area contributed by atoms with Crippen LogP contribution in [0, 0.1) is 26.6 Å². The van der Waals surface area contributed by atoms with E-state index in [2.05, 4.69) is 59.9 Å². The molecule has 3 nitrogen and oxygen atoms in total. The Morgan fingerprint density at radius 2 is 1.57 bits per heavy atom. The molecule has 0 saturated heterocycles. The van der Waals surface area contributed by atoms with Gasteiger partial charge < -0.3 is 9.88 Å². The summed E-state index contributed by atoms with van der Waals surface area (Å²) >= 11 is 0. The Morgan fingerprint density at radius 3 is 2.29 bits per heavy atom. The Labute approximate surface area is 164 Å². The lowest BCUT2D eigenvalue weighted by molar-refractivity contribution is 0.627. The van der Waals surface area contributed by atoms with Crippen molar-refractivity contribution < 1.29 is 4.39 Å². The van der Waals surface area contributed by atoms with Gasteiger partial charge >= 0.3 is 0 Å². The molecule has 4 aromatic rings. The van der Waals surface area contributed by atoms with Crippen molar-refractivity contribution in [3.8, 4) is 0 Å². The van der Waals surface area contributed by atoms with Crippen LogP contribution in [0.2, 0.25) is 0 Å². The molecule has 0 amide bonds. The van der Waals surface area contributed by atoms with E-state index >= 15 is 0 Å². The fourth-order valence-corrected chi connectivity index (χ4v) is 3.56. The zero-order valence-electron chi connectivity index (χ0n) is 16.5. The number of aromatic nitrogens is 2. The van der Waals surface area contributed by atoms with Gasteiger partial charge in [0.15, 0.2) is 0 Å². The van der Waals surface area contributed by atoms with Crippen LogP contribution in [0.4, 0.5) is 10.1 Å². The van der Waals surface area contributed by atoms with Gasteiger partial charge in [0.25, 0.3) is 0 Å². The lowest BCUT2D eigenvalue weighted by Gasteiger charge is -2.13. The number of nitrogens with zero attached hydrogens (tertiary/aromatic N) is 2. The topological polar surface area (TPSA) is 29.9 Å². The van der Waals surface area contributed by atoms with E-state index in [1.54, 1.807) is 0 Å². The van der Waals surface area contributed by atoms with Crippen molar-refractivity contribution in [2.75, 3.05) is 5.32 Å². The molecule has 0 spiro atoms. The molecule has 4 rings (SSSR count). The van der Waals surface area contributed by atoms with Gasteiger partial charge in [0.2, 0.25) is 0 Å². The first kappa shape index (κ1) is 18.2. The van der Waals surface area contributed by atoms with Crippen molar-refractivity contribution in [1.29, 1.82) is 0 Å². The number of hydrogen-bond acceptors (Lipinski definition) is 2. The second-order valence-corrected chi connectivity index (χ2v) is 7.32. The minimum atomic E-state index is -0.215. The maximum Gasteiger partial charge on any atom is 0.123 e. The molecule has 0 aliphatic heterocycles. The van der Waals surface area contributed by atoms with Crippen LogP contribution >= 0.6 is 0 Å². The van der Waals surface area contributed by atoms with Crippen molar-refractivity contribution in [2.45, 2.75) is 33.9 Å². The Bertz CT molecular complexity index is 1110. The van der Waals surface area contributed by atoms with Crippen LogP contribution in [0.3, 0.4) is 0 Å². The Morgan fingerprint density at radius 1 is 0.893 bits per heavy atom. The van der Waals surface area contributed by atoms with Crippen molar-refractivity contribution in [2.24, 2.45) is 0 Å². The van der Waals surface area contributed by atoms with Gasteiger partial charge in [-0.05, 0) is 55.7 Å². The van der Waals surface area contributed by atoms with Crippen molar-refractivity contribution in [3.63, 3.8) is 0 Å². The highest BCUT2D eigenvalue weighted by Gasteiger charge is 2.15. The molecular formula is C24H24FN3. The third kappa shape index (κ3) is 3.50. The number of rotatable bonds is 5. The molecule has 2 heterocycles. The van der Waals surface area contributed by atoms with E-state index in [9.17, 15) is 4.39 Å². The fourth-order valence-electron chi connectivity index (χ4n) is 3.56. The maximum absolute atomic E-state index is 13.2. The van der Waals surface area contributed by atoms with Crippen LogP contribution in [-0.4, -0.2) is 9.55 Å². The Hall–Kier alpha value is -3.14. The zero-order chi connectivity index (χ0) is 19.7. The smallest absolute Gasteiger partial charge is 0.123 e. The number of benzene rings is 2. The van der Waals surface area contributed by atoms with E-state index in [0.717, 1.165) is 28.8 Å². The SMILES string of the molecule is Cc1ccc(Cn2c(C)c(C)c3nccc(NCc4ccc(F)cc4)c32)cc1. The van der Waals surface area contributed by atoms with E-state index in [0.29, 0.717) is 6.54 Å². The molecule has 0 aliphatic carbocycles. The van der Waals surface area contributed by atoms with Crippen LogP contribution in [0.1, 0.15) is 27.9 Å². The van der Waals surface area contributed by atoms with Gasteiger partial charge in [0.05, 0.1) is 16.7 Å². The van der Waals surface area contributed by atoms with Gasteiger partial charge in [-0.15, -0.1) is 0 Å². The summed E-state index contributed by atoms with van der Waals surface area (Å²) in [5.41, 5.74) is 9.16. The van der Waals surface area contributed by atoms with Crippen LogP contribution in [-0.2, 0) is 13.1 Å². The molecule has 0 bridgehead atoms. The van der Waals surface area contributed by atoms with Gasteiger partial charge in [-0.25, -0.2) is 4.39 Å². The molecule has 2 aromatic carbocycles. The van der Waals surface area contributed by atoms with E-state index in [1.165, 1.54) is 34.5 Å². The van der Waals surface area contributed by atoms with Crippen molar-refractivity contribution >= 4 is 16.7 Å². The molecular weight excluding hydrogens is 349 g/mol. The molecule has 0 saturated carbocycles. The molecule has 0 fully saturated rings. The number of fused-ring (bicyclic) bond motifs is 1. The molecule has 2 aromatic heterocycles. The van der Waals surface area contributed by atoms with E-state index in [-0.39, 0.29) is 5.82 Å². The molecule has 0 unspecified atom stereocenters. The maximum atomic E-state index is 13.2. The van der Waals surface area contributed by atoms with Crippen LogP contribution < -0.4 is 5.32 Å². The first-order chi connectivity index (χ1) is 13.5. The number of aryl methyl sites for hydroxylation is 2. The number of anilines is 1. The quantitative estimate of drug-likeness (QED) is 0.482. The highest BCUT2D eigenvalue weighted by Crippen LogP contribution is 2.30. The molecule has 0 radical (unpaired) electrons. The molecule has 0 aliphatic rings. The molecule has 0 atom stereocenters. The molecule has 28 heavy (non-hydrogen) atoms. The number of pyridine rings is 1. The first-order valence-electron chi connectivity index (χ1n) is 9.51. The highest BCUT2D eigenvalue weighted by atomic mass is 19.1. The van der Waals surface area contributed by atoms with Crippen LogP contribution in [0.15, 0.2) is 60.8 Å². The van der Waals surface area contributed by atoms with Crippen LogP contribution in [0.5, 0.6) is 0 Å². The lowest BCUT2D eigenvalue weighted by atomic mass is 10.1. The second kappa shape index (κ2) is 7.47. The molecule has 1 N–H and O–H groups in total. The summed E-state index contributed by atoms with van der Waals surface area (Å²) < 4.78 is 15.5. The van der Waals surface area contributed by atoms with Gasteiger partial charge in [0, 0.05) is 25.0 Å². The summed E-state index contributed by atoms with van der Waals surface area (Å²) in [6.07, 6.45) is 1.85. The van der Waals surface area contributed by atoms with Gasteiger partial charge in [-0.2, -0.15) is 0 Å². The van der Waals surface area contributed by atoms with Crippen molar-refractivity contribution in [3.05, 3.63) is 94.6 Å². The summed E-state index contributed by atoms with van der Waals surface area (Å²) in [6.45, 7) is 7.81. The van der Waals surface area contributed by atoms with Crippen molar-refractivity contribution in [1.82, 2.24) is 9.55 Å². The van der Waals surface area contributed by atoms with Gasteiger partial charge in [0.1, 0.15) is 5.82 Å². The Balaban J connectivity index is 1.71. The zero-order valence-corrected chi connectivity index (χ0v) is 16.5. The summed E-state index contributed by atoms with van der Waals surface area (Å²) in [6, 6.07) is 17.3. The third-order valence-electron chi connectivity index (χ3n) is 5.35. The fraction of sp³-hybridized carbons (Fsp3) is 0.208. The minimum Gasteiger partial charge on any atom is -0.379 e. The third-order valence-corrected chi connectivity index (χ3v) is 5.35. The van der Waals surface area contributed by atoms with E-state index in [4.69, 9.17) is 0 Å². The summed E-state index contributed by atoms with van der Waals surface area (Å²) in [4.78, 5) is 4.63. The molecule has 142 valence electrons. The highest BCUT2D eigenvalue weighted by molar-refractivity contribution is 5.92. The average Bonchev–Trinajstić information content (AvgIpc) is 2.95. The summed E-state index contributed by atoms with van der Waals surface area (Å²) in [5.74, 6) is -0.215. The van der Waals surface area contributed by atoms with Gasteiger partial charge in [-0.3, -0.25) is 4.98 Å². The van der Waals surface area contributed by atoms with Crippen LogP contribution in [0.25, 0.3) is 11.0 Å². The van der Waals surface area contributed by atoms with Gasteiger partial charge in [-0.1, -0.05) is 42.0 Å². The summed E-state index contributed by atoms with van der Waals surface area (Å²) in [7, 11) is 0. The standard InChI is InChI=1S/C24H24FN3/c1-16-4-6-20(7-5-16)15-28-18(3)17(2)23-24(28)22(12-13-26-23)27-14-19-8-10-21(25)11-9-19/h4-13H,14-15H2,1-3H3,(H,26,27). The number of hydrogen-bond donors (Lipinski definition) is 1. The predicted molar refractivity (Wildman–Crippen MR) is 113 cm³/mol. The van der Waals surface area contributed by atoms with E-state index < -0.39 is 0 Å². The summed E-state index contributed by atoms with van der Waals surface area (Å²) in [5, 5.41) is 3.52. The lowest BCUT2D eigenvalue weighted by Crippen LogP contribution is -2.06. The number of nitrogens with one attached hydrogen (secondary N) is 1. The van der Waals surface area contributed by atoms with E-state index in [1.807, 2.05) is 24.4 Å². The normalized spacial score (nSPS) is 11.1. The average molecular weight is 373 g/mol. The first-order valence-corrected chi connectivity index (χ1v) is 9.51. The molecule has 4 heteroatoms. The minimum absolute atomic E-state index is 0.215. The number of halogens is 1. The predicted octanol–water partition coefficient (Wildman–Crippen LogP) is 5.76. The Kier molecular flexibility index (Phi) is 4.86.